The summed E-state index contributed by atoms with van der Waals surface area (Å²) in [6.07, 6.45) is 0.0526. The van der Waals surface area contributed by atoms with Gasteiger partial charge in [0.15, 0.2) is 23.0 Å². The van der Waals surface area contributed by atoms with Crippen molar-refractivity contribution in [3.8, 4) is 39.9 Å². The molecule has 6 heteroatoms. The van der Waals surface area contributed by atoms with E-state index >= 15 is 0 Å². The summed E-state index contributed by atoms with van der Waals surface area (Å²) in [5.74, 6) is 3.98. The second-order valence-electron chi connectivity index (χ2n) is 7.87. The van der Waals surface area contributed by atoms with Gasteiger partial charge in [-0.25, -0.2) is 0 Å². The van der Waals surface area contributed by atoms with Crippen LogP contribution >= 0.6 is 0 Å². The standard InChI is InChI=1S/C23H21NO5/c1-12(2)29-19-8-20-23(28-11-27-20)16-9-24(3)22-14(21(16)19)5-4-13-6-17-18(7-15(13)22)26-10-25-17/h4-8,12H,9-11H2,1-3H3. The van der Waals surface area contributed by atoms with Gasteiger partial charge in [0, 0.05) is 41.7 Å². The number of ether oxygens (including phenoxy) is 5. The van der Waals surface area contributed by atoms with Gasteiger partial charge in [-0.2, -0.15) is 0 Å². The lowest BCUT2D eigenvalue weighted by molar-refractivity contribution is 0.173. The molecule has 0 N–H and O–H groups in total. The second kappa shape index (κ2) is 5.86. The summed E-state index contributed by atoms with van der Waals surface area (Å²) in [5.41, 5.74) is 4.45. The van der Waals surface area contributed by atoms with Crippen molar-refractivity contribution in [3.05, 3.63) is 35.9 Å². The van der Waals surface area contributed by atoms with Gasteiger partial charge in [-0.1, -0.05) is 12.1 Å². The normalized spacial score (nSPS) is 15.7. The molecule has 0 atom stereocenters. The molecule has 3 aliphatic heterocycles. The Morgan fingerprint density at radius 3 is 2.52 bits per heavy atom. The zero-order valence-corrected chi connectivity index (χ0v) is 16.6. The fourth-order valence-corrected chi connectivity index (χ4v) is 4.51. The largest absolute Gasteiger partial charge is 0.490 e. The zero-order valence-electron chi connectivity index (χ0n) is 16.6. The van der Waals surface area contributed by atoms with Gasteiger partial charge in [0.1, 0.15) is 5.75 Å². The van der Waals surface area contributed by atoms with Crippen molar-refractivity contribution in [1.82, 2.24) is 0 Å². The zero-order chi connectivity index (χ0) is 19.7. The molecule has 0 spiro atoms. The second-order valence-corrected chi connectivity index (χ2v) is 7.87. The summed E-state index contributed by atoms with van der Waals surface area (Å²) in [6, 6.07) is 10.4. The van der Waals surface area contributed by atoms with E-state index in [1.165, 1.54) is 0 Å². The highest BCUT2D eigenvalue weighted by Gasteiger charge is 2.33. The highest BCUT2D eigenvalue weighted by Crippen LogP contribution is 2.54. The van der Waals surface area contributed by atoms with Crippen LogP contribution in [0.25, 0.3) is 21.9 Å². The Morgan fingerprint density at radius 2 is 1.69 bits per heavy atom. The molecule has 0 fully saturated rings. The monoisotopic (exact) mass is 391 g/mol. The number of benzene rings is 3. The van der Waals surface area contributed by atoms with Crippen LogP contribution in [0.15, 0.2) is 30.3 Å². The van der Waals surface area contributed by atoms with Crippen LogP contribution in [0.3, 0.4) is 0 Å². The average molecular weight is 391 g/mol. The van der Waals surface area contributed by atoms with E-state index in [1.54, 1.807) is 0 Å². The highest BCUT2D eigenvalue weighted by molar-refractivity contribution is 6.06. The predicted molar refractivity (Wildman–Crippen MR) is 110 cm³/mol. The van der Waals surface area contributed by atoms with E-state index in [1.807, 2.05) is 26.0 Å². The molecule has 0 radical (unpaired) electrons. The van der Waals surface area contributed by atoms with Crippen LogP contribution in [-0.4, -0.2) is 26.7 Å². The van der Waals surface area contributed by atoms with E-state index < -0.39 is 0 Å². The maximum absolute atomic E-state index is 6.22. The summed E-state index contributed by atoms with van der Waals surface area (Å²) >= 11 is 0. The molecular formula is C23H21NO5. The fourth-order valence-electron chi connectivity index (χ4n) is 4.51. The molecule has 0 aliphatic carbocycles. The number of hydrogen-bond donors (Lipinski definition) is 0. The minimum Gasteiger partial charge on any atom is -0.490 e. The lowest BCUT2D eigenvalue weighted by Crippen LogP contribution is -2.23. The van der Waals surface area contributed by atoms with Gasteiger partial charge in [0.25, 0.3) is 0 Å². The average Bonchev–Trinajstić information content (AvgIpc) is 3.33. The number of rotatable bonds is 2. The molecule has 6 nitrogen and oxygen atoms in total. The molecule has 0 amide bonds. The van der Waals surface area contributed by atoms with Crippen LogP contribution < -0.4 is 28.6 Å². The summed E-state index contributed by atoms with van der Waals surface area (Å²) in [5, 5.41) is 2.25. The quantitative estimate of drug-likeness (QED) is 0.631. The van der Waals surface area contributed by atoms with E-state index in [2.05, 4.69) is 30.1 Å². The molecule has 0 unspecified atom stereocenters. The van der Waals surface area contributed by atoms with Gasteiger partial charge >= 0.3 is 0 Å². The van der Waals surface area contributed by atoms with Gasteiger partial charge in [0.2, 0.25) is 13.6 Å². The minimum absolute atomic E-state index is 0.0526. The van der Waals surface area contributed by atoms with Crippen LogP contribution in [-0.2, 0) is 6.54 Å². The maximum atomic E-state index is 6.22. The molecular weight excluding hydrogens is 370 g/mol. The van der Waals surface area contributed by atoms with Crippen LogP contribution in [0.2, 0.25) is 0 Å². The van der Waals surface area contributed by atoms with E-state index in [9.17, 15) is 0 Å². The predicted octanol–water partition coefficient (Wildman–Crippen LogP) is 4.70. The molecule has 0 aromatic heterocycles. The van der Waals surface area contributed by atoms with Crippen molar-refractivity contribution in [1.29, 1.82) is 0 Å². The first-order valence-corrected chi connectivity index (χ1v) is 9.80. The smallest absolute Gasteiger partial charge is 0.231 e. The Morgan fingerprint density at radius 1 is 0.931 bits per heavy atom. The Labute approximate surface area is 168 Å². The number of hydrogen-bond acceptors (Lipinski definition) is 6. The Hall–Kier alpha value is -3.28. The molecule has 0 bridgehead atoms. The lowest BCUT2D eigenvalue weighted by Gasteiger charge is -2.33. The molecule has 3 aromatic carbocycles. The van der Waals surface area contributed by atoms with Crippen LogP contribution in [0, 0.1) is 0 Å². The van der Waals surface area contributed by atoms with Gasteiger partial charge in [-0.15, -0.1) is 0 Å². The third-order valence-corrected chi connectivity index (χ3v) is 5.62. The van der Waals surface area contributed by atoms with E-state index in [0.717, 1.165) is 61.9 Å². The van der Waals surface area contributed by atoms with E-state index in [-0.39, 0.29) is 19.7 Å². The third kappa shape index (κ3) is 2.35. The number of fused-ring (bicyclic) bond motifs is 8. The summed E-state index contributed by atoms with van der Waals surface area (Å²) < 4.78 is 28.9. The third-order valence-electron chi connectivity index (χ3n) is 5.62. The molecule has 29 heavy (non-hydrogen) atoms. The van der Waals surface area contributed by atoms with Crippen LogP contribution in [0.5, 0.6) is 28.7 Å². The molecule has 3 aliphatic rings. The highest BCUT2D eigenvalue weighted by atomic mass is 16.7. The van der Waals surface area contributed by atoms with Crippen molar-refractivity contribution in [2.24, 2.45) is 0 Å². The maximum Gasteiger partial charge on any atom is 0.231 e. The Balaban J connectivity index is 1.65. The molecule has 3 aromatic rings. The topological polar surface area (TPSA) is 49.4 Å². The van der Waals surface area contributed by atoms with Gasteiger partial charge in [-0.3, -0.25) is 0 Å². The van der Waals surface area contributed by atoms with Gasteiger partial charge in [0.05, 0.1) is 11.8 Å². The fraction of sp³-hybridized carbons (Fsp3) is 0.304. The van der Waals surface area contributed by atoms with Crippen molar-refractivity contribution in [2.45, 2.75) is 26.5 Å². The minimum atomic E-state index is 0.0526. The molecule has 148 valence electrons. The van der Waals surface area contributed by atoms with Crippen molar-refractivity contribution in [2.75, 3.05) is 25.5 Å². The summed E-state index contributed by atoms with van der Waals surface area (Å²) in [4.78, 5) is 2.25. The van der Waals surface area contributed by atoms with Crippen molar-refractivity contribution in [3.63, 3.8) is 0 Å². The van der Waals surface area contributed by atoms with Crippen LogP contribution in [0.4, 0.5) is 5.69 Å². The van der Waals surface area contributed by atoms with Gasteiger partial charge in [-0.05, 0) is 31.4 Å². The first-order valence-electron chi connectivity index (χ1n) is 9.80. The first kappa shape index (κ1) is 16.7. The number of anilines is 1. The lowest BCUT2D eigenvalue weighted by atomic mass is 9.89. The van der Waals surface area contributed by atoms with E-state index in [0.29, 0.717) is 6.54 Å². The Kier molecular flexibility index (Phi) is 3.37. The van der Waals surface area contributed by atoms with Crippen molar-refractivity contribution >= 4 is 16.5 Å². The van der Waals surface area contributed by atoms with E-state index in [4.69, 9.17) is 23.7 Å². The molecule has 0 saturated carbocycles. The van der Waals surface area contributed by atoms with Gasteiger partial charge < -0.3 is 28.6 Å². The molecule has 3 heterocycles. The molecule has 6 rings (SSSR count). The van der Waals surface area contributed by atoms with Crippen LogP contribution in [0.1, 0.15) is 19.4 Å². The SMILES string of the molecule is CC(C)Oc1cc2c(c3c1-c1ccc4cc5c(cc4c1N(C)C3)OCO5)OCO2. The first-order chi connectivity index (χ1) is 14.1. The number of nitrogens with zero attached hydrogens (tertiary/aromatic N) is 1. The molecule has 0 saturated heterocycles. The van der Waals surface area contributed by atoms with Crippen molar-refractivity contribution < 1.29 is 23.7 Å². The summed E-state index contributed by atoms with van der Waals surface area (Å²) in [6.45, 7) is 5.28. The summed E-state index contributed by atoms with van der Waals surface area (Å²) in [7, 11) is 2.10. The Bertz CT molecular complexity index is 1170.